The van der Waals surface area contributed by atoms with Crippen molar-refractivity contribution in [3.8, 4) is 0 Å². The highest BCUT2D eigenvalue weighted by molar-refractivity contribution is 6.44. The molecule has 10 amide bonds. The third kappa shape index (κ3) is 28.3. The molecule has 4 aliphatic heterocycles. The molecule has 0 radical (unpaired) electrons. The van der Waals surface area contributed by atoms with E-state index in [-0.39, 0.29) is 92.7 Å². The lowest BCUT2D eigenvalue weighted by Gasteiger charge is -2.22. The van der Waals surface area contributed by atoms with E-state index in [9.17, 15) is 82.9 Å². The number of carbonyl (C=O) groups excluding carboxylic acids is 8. The second-order valence-corrected chi connectivity index (χ2v) is 27.6. The molecule has 4 saturated heterocycles. The van der Waals surface area contributed by atoms with E-state index >= 15 is 0 Å². The van der Waals surface area contributed by atoms with E-state index in [4.69, 9.17) is 0 Å². The second-order valence-electron chi connectivity index (χ2n) is 27.6. The van der Waals surface area contributed by atoms with Gasteiger partial charge in [0.1, 0.15) is 5.82 Å². The molecule has 12 N–H and O–H groups in total. The zero-order valence-corrected chi connectivity index (χ0v) is 61.9. The van der Waals surface area contributed by atoms with Crippen molar-refractivity contribution in [1.82, 2.24) is 40.9 Å². The minimum absolute atomic E-state index is 0.0427. The number of benzene rings is 7. The first-order valence-electron chi connectivity index (χ1n) is 37.3. The average molecular weight is 1510 g/mol. The van der Waals surface area contributed by atoms with Gasteiger partial charge in [0.05, 0.1) is 23.8 Å². The number of anilines is 2. The molecule has 31 heteroatoms. The summed E-state index contributed by atoms with van der Waals surface area (Å²) in [7, 11) is -6.71. The maximum Gasteiger partial charge on any atom is 0.475 e. The summed E-state index contributed by atoms with van der Waals surface area (Å²) < 4.78 is 13.0. The zero-order chi connectivity index (χ0) is 78.9. The molecule has 0 aromatic heterocycles. The van der Waals surface area contributed by atoms with Gasteiger partial charge in [0.2, 0.25) is 35.4 Å². The molecule has 5 atom stereocenters. The molecule has 26 nitrogen and oxygen atoms in total. The number of aryl methyl sites for hydroxylation is 1. The van der Waals surface area contributed by atoms with Gasteiger partial charge in [0.15, 0.2) is 0 Å². The first-order chi connectivity index (χ1) is 53.0. The number of hydrogen-bond donors (Lipinski definition) is 12. The van der Waals surface area contributed by atoms with Gasteiger partial charge >= 0.3 is 40.5 Å². The van der Waals surface area contributed by atoms with E-state index in [2.05, 4.69) is 21.3 Å². The number of likely N-dealkylation sites (tertiary alicyclic amines) is 2. The lowest BCUT2D eigenvalue weighted by atomic mass is 9.76. The molecule has 11 rings (SSSR count). The normalized spacial score (nSPS) is 15.8. The number of nitrogens with one attached hydrogen (secondary N) is 4. The summed E-state index contributed by atoms with van der Waals surface area (Å²) in [5.41, 5.74) is 7.28. The van der Waals surface area contributed by atoms with Crippen molar-refractivity contribution in [3.63, 3.8) is 0 Å². The van der Waals surface area contributed by atoms with Crippen LogP contribution in [-0.2, 0) is 54.5 Å². The third-order valence-corrected chi connectivity index (χ3v) is 19.3. The summed E-state index contributed by atoms with van der Waals surface area (Å²) in [6.07, 6.45) is 5.51. The second kappa shape index (κ2) is 44.4. The van der Waals surface area contributed by atoms with Crippen molar-refractivity contribution >= 4 is 87.4 Å². The third-order valence-electron chi connectivity index (χ3n) is 19.3. The molecule has 580 valence electrons. The van der Waals surface area contributed by atoms with E-state index < -0.39 is 64.0 Å². The van der Waals surface area contributed by atoms with Crippen LogP contribution in [0.5, 0.6) is 0 Å². The van der Waals surface area contributed by atoms with Crippen molar-refractivity contribution in [2.24, 2.45) is 0 Å². The Morgan fingerprint density at radius 2 is 0.727 bits per heavy atom. The first kappa shape index (κ1) is 85.4. The van der Waals surface area contributed by atoms with Crippen LogP contribution in [0.4, 0.5) is 25.4 Å². The van der Waals surface area contributed by atoms with Crippen molar-refractivity contribution in [1.29, 1.82) is 0 Å². The van der Waals surface area contributed by atoms with E-state index in [1.54, 1.807) is 29.4 Å². The number of nitrogens with zero attached hydrogens (tertiary/aromatic N) is 6. The molecule has 7 aromatic carbocycles. The lowest BCUT2D eigenvalue weighted by Crippen LogP contribution is -2.48. The summed E-state index contributed by atoms with van der Waals surface area (Å²) in [5.74, 6) is -4.67. The predicted octanol–water partition coefficient (Wildman–Crippen LogP) is 4.21. The summed E-state index contributed by atoms with van der Waals surface area (Å²) in [4.78, 5) is 108. The Morgan fingerprint density at radius 1 is 0.391 bits per heavy atom. The SMILES string of the molecule is Cc1ccc(C[C@H](NC(=O)CCN2CCN(c3ccccc3)C2=O)B(O)O)cc1.O=C(CCN1CC(c2ccccc2)CC1=O)N[C@@H](Cc1ccccc1)B(O)O.O=C(CCN1CCCCCC1=O)N[C@@H](Cc1ccccc1)B(O)O.O=C(CCN1CCN(c2ccccc2)C1=O)N[C@@H](Cc1ccc(F)cc1)B(O)O. The van der Waals surface area contributed by atoms with E-state index in [0.717, 1.165) is 58.5 Å². The van der Waals surface area contributed by atoms with Gasteiger partial charge in [-0.2, -0.15) is 0 Å². The molecular weight excluding hydrogens is 1410 g/mol. The highest BCUT2D eigenvalue weighted by Gasteiger charge is 2.35. The molecule has 0 aliphatic carbocycles. The number of halogens is 1. The smallest absolute Gasteiger partial charge is 0.426 e. The van der Waals surface area contributed by atoms with Crippen LogP contribution in [0.2, 0.25) is 0 Å². The molecule has 1 unspecified atom stereocenters. The Morgan fingerprint density at radius 3 is 1.11 bits per heavy atom. The highest BCUT2D eigenvalue weighted by Crippen LogP contribution is 2.29. The van der Waals surface area contributed by atoms with Crippen LogP contribution in [0.25, 0.3) is 0 Å². The van der Waals surface area contributed by atoms with Crippen LogP contribution in [0.15, 0.2) is 200 Å². The van der Waals surface area contributed by atoms with E-state index in [0.29, 0.717) is 90.0 Å². The van der Waals surface area contributed by atoms with Crippen LogP contribution in [0.3, 0.4) is 0 Å². The van der Waals surface area contributed by atoms with Crippen LogP contribution < -0.4 is 31.1 Å². The van der Waals surface area contributed by atoms with Gasteiger partial charge in [-0.1, -0.05) is 176 Å². The van der Waals surface area contributed by atoms with Crippen LogP contribution in [-0.4, -0.2) is 225 Å². The Balaban J connectivity index is 0.000000185. The van der Waals surface area contributed by atoms with Crippen LogP contribution in [0.1, 0.15) is 97.1 Å². The average Bonchev–Trinajstić information content (AvgIpc) is 1.70. The number of para-hydroxylation sites is 2. The zero-order valence-electron chi connectivity index (χ0n) is 61.9. The predicted molar refractivity (Wildman–Crippen MR) is 419 cm³/mol. The molecule has 4 heterocycles. The van der Waals surface area contributed by atoms with Crippen molar-refractivity contribution in [2.75, 3.05) is 75.2 Å². The first-order valence-corrected chi connectivity index (χ1v) is 37.3. The fraction of sp³-hybridized carbons (Fsp3) is 0.367. The van der Waals surface area contributed by atoms with Gasteiger partial charge in [0.25, 0.3) is 0 Å². The highest BCUT2D eigenvalue weighted by atomic mass is 19.1. The number of carbonyl (C=O) groups is 8. The Kier molecular flexibility index (Phi) is 34.5. The standard InChI is InChI=1S/C21H26BN3O4.C21H25BN2O4.C20H23BFN3O4.C17H25BN2O4/c1-16-7-9-17(10-8-16)15-19(22(28)29)23-20(26)11-12-24-13-14-25(21(24)27)18-5-3-2-4-6-18;25-20(23-19(22(27)28)13-16-7-3-1-4-8-16)11-12-24-15-18(14-21(24)26)17-9-5-2-6-10-17;22-16-8-6-15(7-9-16)14-18(21(28)29)23-19(26)10-11-24-12-13-25(20(24)27)17-4-2-1-3-5-17;21-16(10-12-20-11-6-2-5-9-17(20)22)19-15(18(23)24)13-14-7-3-1-4-8-14/h2-10,19,28-29H,11-15H2,1H3,(H,23,26);1-10,18-19,27-28H,11-15H2,(H,23,25);1-9,18,28-29H,10-14H2,(H,23,26);1,3-4,7-8,15,23-24H,2,5-6,9-13H2,(H,19,21)/t19-;18?,19-;18-;15-/m0000/s1. The largest absolute Gasteiger partial charge is 0.475 e. The van der Waals surface area contributed by atoms with Gasteiger partial charge in [-0.15, -0.1) is 0 Å². The molecule has 110 heavy (non-hydrogen) atoms. The number of hydrogen-bond acceptors (Lipinski definition) is 16. The molecule has 4 aliphatic rings. The number of rotatable bonds is 31. The summed E-state index contributed by atoms with van der Waals surface area (Å²) >= 11 is 0. The van der Waals surface area contributed by atoms with E-state index in [1.165, 1.54) is 24.3 Å². The van der Waals surface area contributed by atoms with Crippen molar-refractivity contribution in [3.05, 3.63) is 239 Å². The maximum atomic E-state index is 13.0. The lowest BCUT2D eigenvalue weighted by molar-refractivity contribution is -0.132. The van der Waals surface area contributed by atoms with E-state index in [1.807, 2.05) is 183 Å². The van der Waals surface area contributed by atoms with Gasteiger partial charge in [0, 0.05) is 121 Å². The van der Waals surface area contributed by atoms with Gasteiger partial charge in [-0.05, 0) is 110 Å². The minimum atomic E-state index is -1.76. The number of amides is 10. The summed E-state index contributed by atoms with van der Waals surface area (Å²) in [6.45, 7) is 6.70. The molecule has 0 saturated carbocycles. The maximum absolute atomic E-state index is 13.0. The topological polar surface area (TPSA) is 366 Å². The Labute approximate surface area is 642 Å². The molecule has 0 bridgehead atoms. The van der Waals surface area contributed by atoms with Crippen molar-refractivity contribution < 1.29 is 82.9 Å². The molecular formula is C79H99B4FN10O16. The summed E-state index contributed by atoms with van der Waals surface area (Å²) in [5, 5.41) is 87.1. The molecule has 0 spiro atoms. The van der Waals surface area contributed by atoms with Crippen LogP contribution in [0, 0.1) is 12.7 Å². The van der Waals surface area contributed by atoms with Gasteiger partial charge < -0.3 is 81.1 Å². The Hall–Kier alpha value is -10.2. The Bertz CT molecular complexity index is 3870. The molecule has 4 fully saturated rings. The molecule has 7 aromatic rings. The van der Waals surface area contributed by atoms with Gasteiger partial charge in [-0.3, -0.25) is 38.6 Å². The fourth-order valence-corrected chi connectivity index (χ4v) is 13.1. The summed E-state index contributed by atoms with van der Waals surface area (Å²) in [6, 6.07) is 60.3. The van der Waals surface area contributed by atoms with Crippen molar-refractivity contribution in [2.45, 2.75) is 120 Å². The van der Waals surface area contributed by atoms with Crippen LogP contribution >= 0.6 is 0 Å². The quantitative estimate of drug-likeness (QED) is 0.0271. The monoisotopic (exact) mass is 1510 g/mol. The minimum Gasteiger partial charge on any atom is -0.426 e. The van der Waals surface area contributed by atoms with Gasteiger partial charge in [-0.25, -0.2) is 14.0 Å². The fourth-order valence-electron chi connectivity index (χ4n) is 13.1. The number of urea groups is 2.